The lowest BCUT2D eigenvalue weighted by Crippen LogP contribution is -2.49. The van der Waals surface area contributed by atoms with Gasteiger partial charge in [0.25, 0.3) is 5.91 Å². The zero-order valence-electron chi connectivity index (χ0n) is 24.8. The van der Waals surface area contributed by atoms with Crippen LogP contribution in [0.25, 0.3) is 5.65 Å². The first-order valence-electron chi connectivity index (χ1n) is 14.3. The van der Waals surface area contributed by atoms with Gasteiger partial charge in [0, 0.05) is 68.8 Å². The van der Waals surface area contributed by atoms with E-state index in [0.717, 1.165) is 11.6 Å². The molecule has 13 heteroatoms. The molecule has 234 valence electrons. The van der Waals surface area contributed by atoms with Gasteiger partial charge in [-0.25, -0.2) is 14.3 Å². The Hall–Kier alpha value is -4.93. The maximum Gasteiger partial charge on any atom is 0.416 e. The number of carbonyl (C=O) groups is 2. The molecule has 0 saturated carbocycles. The first-order chi connectivity index (χ1) is 21.6. The second-order valence-electron chi connectivity index (χ2n) is 10.5. The Balaban J connectivity index is 1.21. The summed E-state index contributed by atoms with van der Waals surface area (Å²) in [5.74, 6) is 5.51. The minimum atomic E-state index is -4.61. The quantitative estimate of drug-likeness (QED) is 0.236. The van der Waals surface area contributed by atoms with Gasteiger partial charge in [0.15, 0.2) is 5.65 Å². The summed E-state index contributed by atoms with van der Waals surface area (Å²) in [4.78, 5) is 32.7. The number of hydrogen-bond acceptors (Lipinski definition) is 7. The Morgan fingerprint density at radius 2 is 1.84 bits per heavy atom. The molecular weight excluding hydrogens is 587 g/mol. The SMILES string of the molecule is COC(=O)N1CCN(CCNCc2ccc(NC(=O)c3ccc(C)c(C#Cc4cnc5cccnn45)c3)cc2C(F)(F)F)CC1. The fourth-order valence-electron chi connectivity index (χ4n) is 4.96. The van der Waals surface area contributed by atoms with Gasteiger partial charge in [0.05, 0.1) is 18.9 Å². The lowest BCUT2D eigenvalue weighted by Gasteiger charge is -2.33. The van der Waals surface area contributed by atoms with Crippen LogP contribution in [0.5, 0.6) is 0 Å². The summed E-state index contributed by atoms with van der Waals surface area (Å²) in [5, 5.41) is 9.90. The molecule has 2 aromatic carbocycles. The fourth-order valence-corrected chi connectivity index (χ4v) is 4.96. The van der Waals surface area contributed by atoms with Gasteiger partial charge >= 0.3 is 12.3 Å². The second-order valence-corrected chi connectivity index (χ2v) is 10.5. The van der Waals surface area contributed by atoms with Crippen LogP contribution in [0.15, 0.2) is 60.9 Å². The predicted molar refractivity (Wildman–Crippen MR) is 162 cm³/mol. The molecular formula is C32H32F3N7O3. The minimum Gasteiger partial charge on any atom is -0.453 e. The number of ether oxygens (including phenoxy) is 1. The Labute approximate surface area is 258 Å². The number of hydrogen-bond donors (Lipinski definition) is 2. The molecule has 2 aromatic heterocycles. The molecule has 4 aromatic rings. The van der Waals surface area contributed by atoms with Crippen LogP contribution in [0.1, 0.15) is 38.3 Å². The highest BCUT2D eigenvalue weighted by molar-refractivity contribution is 6.04. The Kier molecular flexibility index (Phi) is 9.65. The number of benzene rings is 2. The molecule has 0 bridgehead atoms. The van der Waals surface area contributed by atoms with E-state index in [2.05, 4.69) is 37.5 Å². The summed E-state index contributed by atoms with van der Waals surface area (Å²) >= 11 is 0. The van der Waals surface area contributed by atoms with Crippen LogP contribution in [0.4, 0.5) is 23.7 Å². The van der Waals surface area contributed by atoms with Crippen molar-refractivity contribution >= 4 is 23.3 Å². The largest absolute Gasteiger partial charge is 0.453 e. The lowest BCUT2D eigenvalue weighted by atomic mass is 10.0. The number of aryl methyl sites for hydroxylation is 1. The van der Waals surface area contributed by atoms with Crippen molar-refractivity contribution in [3.63, 3.8) is 0 Å². The van der Waals surface area contributed by atoms with Gasteiger partial charge in [0.2, 0.25) is 0 Å². The average molecular weight is 620 g/mol. The molecule has 1 saturated heterocycles. The minimum absolute atomic E-state index is 0.00712. The van der Waals surface area contributed by atoms with E-state index in [4.69, 9.17) is 4.74 Å². The summed E-state index contributed by atoms with van der Waals surface area (Å²) in [5.41, 5.74) is 2.20. The van der Waals surface area contributed by atoms with E-state index >= 15 is 0 Å². The number of halogens is 3. The number of alkyl halides is 3. The number of nitrogens with one attached hydrogen (secondary N) is 2. The number of nitrogens with zero attached hydrogens (tertiary/aromatic N) is 5. The number of carbonyl (C=O) groups excluding carboxylic acids is 2. The molecule has 0 spiro atoms. The molecule has 0 radical (unpaired) electrons. The lowest BCUT2D eigenvalue weighted by molar-refractivity contribution is -0.138. The monoisotopic (exact) mass is 619 g/mol. The van der Waals surface area contributed by atoms with E-state index in [1.807, 2.05) is 6.92 Å². The molecule has 10 nitrogen and oxygen atoms in total. The van der Waals surface area contributed by atoms with Crippen molar-refractivity contribution in [2.75, 3.05) is 51.7 Å². The molecule has 3 heterocycles. The van der Waals surface area contributed by atoms with Crippen LogP contribution in [-0.4, -0.2) is 82.8 Å². The molecule has 0 aliphatic carbocycles. The third-order valence-corrected chi connectivity index (χ3v) is 7.50. The van der Waals surface area contributed by atoms with E-state index in [-0.39, 0.29) is 29.5 Å². The molecule has 1 aliphatic rings. The molecule has 0 unspecified atom stereocenters. The zero-order valence-corrected chi connectivity index (χ0v) is 24.8. The van der Waals surface area contributed by atoms with E-state index in [0.29, 0.717) is 56.2 Å². The highest BCUT2D eigenvalue weighted by Gasteiger charge is 2.33. The van der Waals surface area contributed by atoms with Crippen LogP contribution in [0.3, 0.4) is 0 Å². The Bertz CT molecular complexity index is 1750. The molecule has 45 heavy (non-hydrogen) atoms. The van der Waals surface area contributed by atoms with Crippen LogP contribution in [-0.2, 0) is 17.5 Å². The van der Waals surface area contributed by atoms with Crippen LogP contribution in [0, 0.1) is 18.8 Å². The van der Waals surface area contributed by atoms with E-state index in [1.54, 1.807) is 52.1 Å². The molecule has 0 atom stereocenters. The van der Waals surface area contributed by atoms with Gasteiger partial charge < -0.3 is 20.3 Å². The van der Waals surface area contributed by atoms with Crippen molar-refractivity contribution in [2.45, 2.75) is 19.6 Å². The number of amides is 2. The first-order valence-corrected chi connectivity index (χ1v) is 14.3. The van der Waals surface area contributed by atoms with Gasteiger partial charge in [-0.05, 0) is 60.4 Å². The zero-order chi connectivity index (χ0) is 32.0. The highest BCUT2D eigenvalue weighted by Crippen LogP contribution is 2.34. The van der Waals surface area contributed by atoms with Crippen LogP contribution < -0.4 is 10.6 Å². The van der Waals surface area contributed by atoms with Crippen molar-refractivity contribution in [3.8, 4) is 11.8 Å². The van der Waals surface area contributed by atoms with Crippen molar-refractivity contribution in [1.29, 1.82) is 0 Å². The van der Waals surface area contributed by atoms with Crippen molar-refractivity contribution < 1.29 is 27.5 Å². The maximum absolute atomic E-state index is 14.0. The summed E-state index contributed by atoms with van der Waals surface area (Å²) < 4.78 is 48.3. The van der Waals surface area contributed by atoms with Gasteiger partial charge in [-0.3, -0.25) is 9.69 Å². The van der Waals surface area contributed by atoms with Crippen molar-refractivity contribution in [3.05, 3.63) is 94.4 Å². The van der Waals surface area contributed by atoms with Gasteiger partial charge in [-0.15, -0.1) is 0 Å². The maximum atomic E-state index is 14.0. The number of aromatic nitrogens is 3. The molecule has 5 rings (SSSR count). The van der Waals surface area contributed by atoms with E-state index in [9.17, 15) is 22.8 Å². The summed E-state index contributed by atoms with van der Waals surface area (Å²) in [6.07, 6.45) is -1.74. The average Bonchev–Trinajstić information content (AvgIpc) is 3.45. The fraction of sp³-hybridized carbons (Fsp3) is 0.312. The Morgan fingerprint density at radius 3 is 2.60 bits per heavy atom. The van der Waals surface area contributed by atoms with Gasteiger partial charge in [-0.1, -0.05) is 18.1 Å². The van der Waals surface area contributed by atoms with Crippen molar-refractivity contribution in [2.24, 2.45) is 0 Å². The standard InChI is InChI=1S/C32H32F3N7O3/c1-22-5-6-24(18-23(22)8-10-27-21-37-29-4-3-11-38-42(27)29)30(43)39-26-9-7-25(28(19-26)32(33,34)35)20-36-12-13-40-14-16-41(17-15-40)31(44)45-2/h3-7,9,11,18-19,21,36H,12-17,20H2,1-2H3,(H,39,43). The highest BCUT2D eigenvalue weighted by atomic mass is 19.4. The number of anilines is 1. The van der Waals surface area contributed by atoms with Crippen LogP contribution in [0.2, 0.25) is 0 Å². The summed E-state index contributed by atoms with van der Waals surface area (Å²) in [6, 6.07) is 12.3. The smallest absolute Gasteiger partial charge is 0.416 e. The molecule has 1 aliphatic heterocycles. The predicted octanol–water partition coefficient (Wildman–Crippen LogP) is 4.18. The first kappa shape index (κ1) is 31.5. The van der Waals surface area contributed by atoms with Gasteiger partial charge in [0.1, 0.15) is 5.69 Å². The van der Waals surface area contributed by atoms with Crippen LogP contribution >= 0.6 is 0 Å². The third-order valence-electron chi connectivity index (χ3n) is 7.50. The number of methoxy groups -OCH3 is 1. The van der Waals surface area contributed by atoms with Gasteiger partial charge in [-0.2, -0.15) is 18.3 Å². The third kappa shape index (κ3) is 7.78. The van der Waals surface area contributed by atoms with Crippen molar-refractivity contribution in [1.82, 2.24) is 29.7 Å². The molecule has 2 N–H and O–H groups in total. The number of rotatable bonds is 7. The number of fused-ring (bicyclic) bond motifs is 1. The van der Waals surface area contributed by atoms with E-state index in [1.165, 1.54) is 19.2 Å². The molecule has 1 fully saturated rings. The molecule has 2 amide bonds. The summed E-state index contributed by atoms with van der Waals surface area (Å²) in [6.45, 7) is 5.36. The topological polar surface area (TPSA) is 104 Å². The van der Waals surface area contributed by atoms with E-state index < -0.39 is 17.6 Å². The number of piperazine rings is 1. The normalized spacial score (nSPS) is 13.8. The second kappa shape index (κ2) is 13.8. The Morgan fingerprint density at radius 1 is 1.04 bits per heavy atom. The summed E-state index contributed by atoms with van der Waals surface area (Å²) in [7, 11) is 1.34. The number of imidazole rings is 1.